The Labute approximate surface area is 205 Å². The summed E-state index contributed by atoms with van der Waals surface area (Å²) in [6, 6.07) is 15.3. The number of carboxylic acid groups (broad SMARTS) is 1. The van der Waals surface area contributed by atoms with Gasteiger partial charge in [0.25, 0.3) is 0 Å². The third-order valence-corrected chi connectivity index (χ3v) is 6.53. The van der Waals surface area contributed by atoms with E-state index in [4.69, 9.17) is 9.47 Å². The van der Waals surface area contributed by atoms with E-state index in [0.29, 0.717) is 18.9 Å². The van der Waals surface area contributed by atoms with Crippen molar-refractivity contribution < 1.29 is 29.0 Å². The van der Waals surface area contributed by atoms with Gasteiger partial charge in [-0.1, -0.05) is 61.4 Å². The van der Waals surface area contributed by atoms with Crippen molar-refractivity contribution in [2.45, 2.75) is 50.7 Å². The van der Waals surface area contributed by atoms with Crippen molar-refractivity contribution in [3.8, 4) is 11.1 Å². The average molecular weight is 481 g/mol. The molecule has 2 amide bonds. The Kier molecular flexibility index (Phi) is 8.02. The maximum Gasteiger partial charge on any atom is 0.407 e. The number of ether oxygens (including phenoxy) is 2. The average Bonchev–Trinajstić information content (AvgIpc) is 3.61. The number of rotatable bonds is 12. The highest BCUT2D eigenvalue weighted by Crippen LogP contribution is 2.44. The first kappa shape index (κ1) is 24.7. The highest BCUT2D eigenvalue weighted by atomic mass is 16.5. The van der Waals surface area contributed by atoms with E-state index in [1.165, 1.54) is 0 Å². The molecule has 4 rings (SSSR count). The maximum absolute atomic E-state index is 12.4. The SMILES string of the molecule is CCOC(CNC(=O)OCC1c2ccccc2-c2ccccc21)CC(=O)NC(CC1CC1)C(=O)O. The van der Waals surface area contributed by atoms with E-state index in [-0.39, 0.29) is 25.5 Å². The highest BCUT2D eigenvalue weighted by Gasteiger charge is 2.31. The monoisotopic (exact) mass is 480 g/mol. The lowest BCUT2D eigenvalue weighted by Gasteiger charge is -2.20. The summed E-state index contributed by atoms with van der Waals surface area (Å²) in [5, 5.41) is 14.6. The summed E-state index contributed by atoms with van der Waals surface area (Å²) in [4.78, 5) is 36.3. The minimum atomic E-state index is -1.03. The van der Waals surface area contributed by atoms with E-state index in [1.54, 1.807) is 6.92 Å². The number of hydrogen-bond acceptors (Lipinski definition) is 5. The standard InChI is InChI=1S/C27H32N2O6/c1-2-34-18(14-25(30)29-24(26(31)32)13-17-11-12-17)15-28-27(33)35-16-23-21-9-5-3-7-19(21)20-8-4-6-10-22(20)23/h3-10,17-18,23-24H,2,11-16H2,1H3,(H,28,33)(H,29,30)(H,31,32). The molecule has 2 aliphatic carbocycles. The Morgan fingerprint density at radius 1 is 1.03 bits per heavy atom. The number of fused-ring (bicyclic) bond motifs is 3. The fourth-order valence-electron chi connectivity index (χ4n) is 4.64. The van der Waals surface area contributed by atoms with Crippen LogP contribution in [0.5, 0.6) is 0 Å². The highest BCUT2D eigenvalue weighted by molar-refractivity contribution is 5.84. The number of carbonyl (C=O) groups is 3. The van der Waals surface area contributed by atoms with Crippen molar-refractivity contribution in [2.24, 2.45) is 5.92 Å². The Bertz CT molecular complexity index is 1020. The van der Waals surface area contributed by atoms with Gasteiger partial charge in [0, 0.05) is 19.1 Å². The first-order valence-corrected chi connectivity index (χ1v) is 12.2. The molecule has 2 aliphatic rings. The van der Waals surface area contributed by atoms with Crippen LogP contribution in [0.4, 0.5) is 4.79 Å². The molecule has 1 saturated carbocycles. The molecule has 1 fully saturated rings. The first-order chi connectivity index (χ1) is 17.0. The van der Waals surface area contributed by atoms with Crippen LogP contribution in [0.3, 0.4) is 0 Å². The molecule has 35 heavy (non-hydrogen) atoms. The van der Waals surface area contributed by atoms with E-state index in [0.717, 1.165) is 35.1 Å². The second kappa shape index (κ2) is 11.4. The van der Waals surface area contributed by atoms with E-state index < -0.39 is 30.1 Å². The second-order valence-corrected chi connectivity index (χ2v) is 9.13. The van der Waals surface area contributed by atoms with Crippen LogP contribution in [0.25, 0.3) is 11.1 Å². The van der Waals surface area contributed by atoms with E-state index in [1.807, 2.05) is 24.3 Å². The molecule has 8 nitrogen and oxygen atoms in total. The lowest BCUT2D eigenvalue weighted by molar-refractivity contribution is -0.142. The number of carboxylic acids is 1. The predicted octanol–water partition coefficient (Wildman–Crippen LogP) is 3.69. The van der Waals surface area contributed by atoms with Gasteiger partial charge in [0.2, 0.25) is 5.91 Å². The van der Waals surface area contributed by atoms with Gasteiger partial charge in [-0.15, -0.1) is 0 Å². The first-order valence-electron chi connectivity index (χ1n) is 12.2. The molecule has 2 atom stereocenters. The normalized spacial score (nSPS) is 16.0. The van der Waals surface area contributed by atoms with Crippen molar-refractivity contribution in [3.05, 3.63) is 59.7 Å². The quantitative estimate of drug-likeness (QED) is 0.427. The molecule has 2 unspecified atom stereocenters. The van der Waals surface area contributed by atoms with Crippen LogP contribution in [-0.2, 0) is 19.1 Å². The number of hydrogen-bond donors (Lipinski definition) is 3. The Morgan fingerprint density at radius 3 is 2.23 bits per heavy atom. The second-order valence-electron chi connectivity index (χ2n) is 9.13. The van der Waals surface area contributed by atoms with Gasteiger partial charge in [0.05, 0.1) is 12.5 Å². The molecule has 186 valence electrons. The van der Waals surface area contributed by atoms with Gasteiger partial charge >= 0.3 is 12.1 Å². The van der Waals surface area contributed by atoms with E-state index in [9.17, 15) is 19.5 Å². The minimum absolute atomic E-state index is 0.0407. The summed E-state index contributed by atoms with van der Waals surface area (Å²) >= 11 is 0. The Morgan fingerprint density at radius 2 is 1.66 bits per heavy atom. The van der Waals surface area contributed by atoms with Crippen LogP contribution in [0.1, 0.15) is 49.7 Å². The molecule has 2 aromatic rings. The molecule has 2 aromatic carbocycles. The van der Waals surface area contributed by atoms with Crippen LogP contribution in [0.2, 0.25) is 0 Å². The predicted molar refractivity (Wildman–Crippen MR) is 130 cm³/mol. The molecule has 0 heterocycles. The lowest BCUT2D eigenvalue weighted by atomic mass is 9.98. The molecule has 0 bridgehead atoms. The van der Waals surface area contributed by atoms with E-state index in [2.05, 4.69) is 34.9 Å². The Hall–Kier alpha value is -3.39. The van der Waals surface area contributed by atoms with E-state index >= 15 is 0 Å². The molecular weight excluding hydrogens is 448 g/mol. The van der Waals surface area contributed by atoms with Gasteiger partial charge in [-0.3, -0.25) is 4.79 Å². The number of benzene rings is 2. The van der Waals surface area contributed by atoms with Crippen molar-refractivity contribution in [3.63, 3.8) is 0 Å². The Balaban J connectivity index is 1.27. The topological polar surface area (TPSA) is 114 Å². The zero-order valence-electron chi connectivity index (χ0n) is 19.9. The van der Waals surface area contributed by atoms with Crippen molar-refractivity contribution in [1.82, 2.24) is 10.6 Å². The molecule has 0 spiro atoms. The molecule has 0 saturated heterocycles. The number of amides is 2. The van der Waals surface area contributed by atoms with Gasteiger partial charge in [-0.2, -0.15) is 0 Å². The largest absolute Gasteiger partial charge is 0.480 e. The zero-order valence-corrected chi connectivity index (χ0v) is 19.9. The number of carbonyl (C=O) groups excluding carboxylic acids is 2. The number of aliphatic carboxylic acids is 1. The van der Waals surface area contributed by atoms with Crippen LogP contribution in [0, 0.1) is 5.92 Å². The summed E-state index contributed by atoms with van der Waals surface area (Å²) in [5.74, 6) is -1.11. The molecule has 8 heteroatoms. The fraction of sp³-hybridized carbons (Fsp3) is 0.444. The minimum Gasteiger partial charge on any atom is -0.480 e. The summed E-state index contributed by atoms with van der Waals surface area (Å²) in [5.41, 5.74) is 4.57. The lowest BCUT2D eigenvalue weighted by Crippen LogP contribution is -2.44. The van der Waals surface area contributed by atoms with Crippen LogP contribution in [0.15, 0.2) is 48.5 Å². The van der Waals surface area contributed by atoms with Gasteiger partial charge in [0.15, 0.2) is 0 Å². The van der Waals surface area contributed by atoms with Gasteiger partial charge in [-0.25, -0.2) is 9.59 Å². The zero-order chi connectivity index (χ0) is 24.8. The van der Waals surface area contributed by atoms with Crippen molar-refractivity contribution >= 4 is 18.0 Å². The molecular formula is C27H32N2O6. The number of alkyl carbamates (subject to hydrolysis) is 1. The van der Waals surface area contributed by atoms with Gasteiger partial charge in [-0.05, 0) is 41.5 Å². The summed E-state index contributed by atoms with van der Waals surface area (Å²) in [6.45, 7) is 2.43. The van der Waals surface area contributed by atoms with Crippen molar-refractivity contribution in [2.75, 3.05) is 19.8 Å². The van der Waals surface area contributed by atoms with Gasteiger partial charge < -0.3 is 25.2 Å². The van der Waals surface area contributed by atoms with Crippen LogP contribution < -0.4 is 10.6 Å². The van der Waals surface area contributed by atoms with Crippen LogP contribution >= 0.6 is 0 Å². The summed E-state index contributed by atoms with van der Waals surface area (Å²) in [6.07, 6.45) is 1.23. The maximum atomic E-state index is 12.4. The molecule has 0 aromatic heterocycles. The third kappa shape index (κ3) is 6.39. The molecule has 0 radical (unpaired) electrons. The number of nitrogens with one attached hydrogen (secondary N) is 2. The van der Waals surface area contributed by atoms with Crippen LogP contribution in [-0.4, -0.2) is 55.0 Å². The summed E-state index contributed by atoms with van der Waals surface area (Å²) < 4.78 is 11.1. The molecule has 0 aliphatic heterocycles. The summed E-state index contributed by atoms with van der Waals surface area (Å²) in [7, 11) is 0. The van der Waals surface area contributed by atoms with Crippen molar-refractivity contribution in [1.29, 1.82) is 0 Å². The fourth-order valence-corrected chi connectivity index (χ4v) is 4.64. The third-order valence-electron chi connectivity index (χ3n) is 6.53. The molecule has 3 N–H and O–H groups in total. The van der Waals surface area contributed by atoms with Gasteiger partial charge in [0.1, 0.15) is 12.6 Å². The smallest absolute Gasteiger partial charge is 0.407 e.